The van der Waals surface area contributed by atoms with E-state index in [9.17, 15) is 9.00 Å². The van der Waals surface area contributed by atoms with Gasteiger partial charge in [0.15, 0.2) is 6.29 Å². The number of benzene rings is 3. The molecule has 0 aromatic heterocycles. The molecular formula is C31H39NO5S. The minimum atomic E-state index is -1.33. The molecule has 0 saturated heterocycles. The predicted molar refractivity (Wildman–Crippen MR) is 155 cm³/mol. The highest BCUT2D eigenvalue weighted by Gasteiger charge is 2.28. The number of hydrogen-bond acceptors (Lipinski definition) is 5. The van der Waals surface area contributed by atoms with Crippen LogP contribution in [0.5, 0.6) is 5.75 Å². The Morgan fingerprint density at radius 3 is 2.47 bits per heavy atom. The quantitative estimate of drug-likeness (QED) is 0.333. The number of aliphatic hydroxyl groups excluding tert-OH is 1. The second kappa shape index (κ2) is 13.2. The Labute approximate surface area is 229 Å². The minimum Gasteiger partial charge on any atom is -0.493 e. The van der Waals surface area contributed by atoms with Crippen molar-refractivity contribution in [1.29, 1.82) is 0 Å². The van der Waals surface area contributed by atoms with Gasteiger partial charge in [-0.25, -0.2) is 4.21 Å². The molecule has 2 unspecified atom stereocenters. The van der Waals surface area contributed by atoms with E-state index in [4.69, 9.17) is 14.6 Å². The van der Waals surface area contributed by atoms with Gasteiger partial charge in [-0.15, -0.1) is 0 Å². The molecule has 0 spiro atoms. The molecule has 2 atom stereocenters. The van der Waals surface area contributed by atoms with Crippen LogP contribution in [0.4, 0.5) is 5.69 Å². The van der Waals surface area contributed by atoms with Crippen molar-refractivity contribution in [1.82, 2.24) is 0 Å². The molecular weight excluding hydrogens is 498 g/mol. The van der Waals surface area contributed by atoms with E-state index in [-0.39, 0.29) is 0 Å². The summed E-state index contributed by atoms with van der Waals surface area (Å²) in [5.41, 5.74) is 7.02. The summed E-state index contributed by atoms with van der Waals surface area (Å²) in [6.45, 7) is 10.6. The SMILES string of the molecule is CO.Cc1cc(NS(=O)Cc2ccccc2)c(C)c(C(C=O)OC(C)(C)C)c1-c1ccc2c(c1)CCCO2. The average molecular weight is 538 g/mol. The second-order valence-corrected chi connectivity index (χ2v) is 11.5. The molecule has 0 saturated carbocycles. The van der Waals surface area contributed by atoms with Crippen LogP contribution >= 0.6 is 0 Å². The van der Waals surface area contributed by atoms with Gasteiger partial charge in [0, 0.05) is 18.4 Å². The molecule has 204 valence electrons. The van der Waals surface area contributed by atoms with Gasteiger partial charge in [-0.2, -0.15) is 0 Å². The van der Waals surface area contributed by atoms with Gasteiger partial charge in [0.25, 0.3) is 0 Å². The number of anilines is 1. The normalized spacial score (nSPS) is 14.3. The zero-order valence-electron chi connectivity index (χ0n) is 23.2. The van der Waals surface area contributed by atoms with Crippen molar-refractivity contribution in [2.45, 2.75) is 64.9 Å². The van der Waals surface area contributed by atoms with E-state index in [2.05, 4.69) is 16.9 Å². The maximum absolute atomic E-state index is 13.0. The van der Waals surface area contributed by atoms with Crippen LogP contribution in [0.2, 0.25) is 0 Å². The van der Waals surface area contributed by atoms with Crippen molar-refractivity contribution in [2.75, 3.05) is 18.4 Å². The first-order valence-electron chi connectivity index (χ1n) is 12.8. The number of carbonyl (C=O) groups excluding carboxylic acids is 1. The second-order valence-electron chi connectivity index (χ2n) is 10.3. The van der Waals surface area contributed by atoms with Crippen molar-refractivity contribution in [3.63, 3.8) is 0 Å². The van der Waals surface area contributed by atoms with Crippen LogP contribution in [-0.2, 0) is 32.7 Å². The van der Waals surface area contributed by atoms with E-state index in [0.717, 1.165) is 77.7 Å². The molecule has 2 N–H and O–H groups in total. The summed E-state index contributed by atoms with van der Waals surface area (Å²) in [6.07, 6.45) is 2.05. The molecule has 1 aliphatic rings. The molecule has 38 heavy (non-hydrogen) atoms. The Morgan fingerprint density at radius 1 is 1.11 bits per heavy atom. The van der Waals surface area contributed by atoms with Crippen LogP contribution in [-0.4, -0.2) is 34.9 Å². The van der Waals surface area contributed by atoms with Crippen LogP contribution in [0.25, 0.3) is 11.1 Å². The number of ether oxygens (including phenoxy) is 2. The lowest BCUT2D eigenvalue weighted by Crippen LogP contribution is -2.25. The third-order valence-electron chi connectivity index (χ3n) is 6.28. The van der Waals surface area contributed by atoms with Crippen LogP contribution in [0.1, 0.15) is 61.1 Å². The third-order valence-corrected chi connectivity index (χ3v) is 7.33. The lowest BCUT2D eigenvalue weighted by Gasteiger charge is -2.29. The molecule has 1 heterocycles. The number of fused-ring (bicyclic) bond motifs is 1. The molecule has 0 bridgehead atoms. The van der Waals surface area contributed by atoms with Gasteiger partial charge in [0.2, 0.25) is 0 Å². The summed E-state index contributed by atoms with van der Waals surface area (Å²) < 4.78 is 28.3. The number of nitrogens with one attached hydrogen (secondary N) is 1. The summed E-state index contributed by atoms with van der Waals surface area (Å²) in [6, 6.07) is 18.0. The van der Waals surface area contributed by atoms with Gasteiger partial charge < -0.3 is 24.1 Å². The number of aryl methyl sites for hydroxylation is 2. The predicted octanol–water partition coefficient (Wildman–Crippen LogP) is 6.23. The molecule has 3 aromatic carbocycles. The van der Waals surface area contributed by atoms with E-state index in [1.165, 1.54) is 5.56 Å². The zero-order chi connectivity index (χ0) is 27.9. The van der Waals surface area contributed by atoms with Crippen LogP contribution in [0.3, 0.4) is 0 Å². The van der Waals surface area contributed by atoms with Crippen LogP contribution in [0, 0.1) is 13.8 Å². The summed E-state index contributed by atoms with van der Waals surface area (Å²) in [5, 5.41) is 7.00. The number of aliphatic hydroxyl groups is 1. The highest BCUT2D eigenvalue weighted by atomic mass is 32.2. The van der Waals surface area contributed by atoms with Gasteiger partial charge in [-0.05, 0) is 99.0 Å². The number of aldehydes is 1. The molecule has 7 heteroatoms. The smallest absolute Gasteiger partial charge is 0.153 e. The monoisotopic (exact) mass is 537 g/mol. The Kier molecular flexibility index (Phi) is 10.3. The first-order chi connectivity index (χ1) is 18.2. The van der Waals surface area contributed by atoms with Gasteiger partial charge >= 0.3 is 0 Å². The van der Waals surface area contributed by atoms with Crippen molar-refractivity contribution in [3.05, 3.63) is 82.4 Å². The Morgan fingerprint density at radius 2 is 1.82 bits per heavy atom. The fourth-order valence-electron chi connectivity index (χ4n) is 4.72. The molecule has 0 aliphatic carbocycles. The minimum absolute atomic E-state index is 0.386. The number of hydrogen-bond donors (Lipinski definition) is 2. The van der Waals surface area contributed by atoms with Gasteiger partial charge in [0.05, 0.1) is 18.0 Å². The molecule has 0 amide bonds. The highest BCUT2D eigenvalue weighted by Crippen LogP contribution is 2.41. The van der Waals surface area contributed by atoms with Crippen LogP contribution < -0.4 is 9.46 Å². The van der Waals surface area contributed by atoms with Crippen molar-refractivity contribution in [2.24, 2.45) is 0 Å². The summed E-state index contributed by atoms with van der Waals surface area (Å²) in [7, 11) is -0.332. The maximum Gasteiger partial charge on any atom is 0.153 e. The number of rotatable bonds is 8. The summed E-state index contributed by atoms with van der Waals surface area (Å²) >= 11 is 0. The Bertz CT molecular complexity index is 1270. The van der Waals surface area contributed by atoms with E-state index in [1.807, 2.05) is 77.1 Å². The van der Waals surface area contributed by atoms with Crippen LogP contribution in [0.15, 0.2) is 54.6 Å². The largest absolute Gasteiger partial charge is 0.493 e. The van der Waals surface area contributed by atoms with E-state index in [0.29, 0.717) is 5.75 Å². The van der Waals surface area contributed by atoms with Crippen molar-refractivity contribution in [3.8, 4) is 16.9 Å². The lowest BCUT2D eigenvalue weighted by atomic mass is 9.86. The average Bonchev–Trinajstić information content (AvgIpc) is 2.90. The van der Waals surface area contributed by atoms with E-state index >= 15 is 0 Å². The summed E-state index contributed by atoms with van der Waals surface area (Å²) in [5.74, 6) is 1.31. The van der Waals surface area contributed by atoms with Gasteiger partial charge in [-0.1, -0.05) is 36.4 Å². The van der Waals surface area contributed by atoms with Crippen molar-refractivity contribution < 1.29 is 23.6 Å². The van der Waals surface area contributed by atoms with E-state index < -0.39 is 22.7 Å². The van der Waals surface area contributed by atoms with Crippen molar-refractivity contribution >= 4 is 23.0 Å². The molecule has 3 aromatic rings. The standard InChI is InChI=1S/C30H35NO4S.CH4O/c1-20-16-25(31-36(33)19-22-10-7-6-8-11-22)21(2)29(27(18-32)35-30(3,4)5)28(20)24-13-14-26-23(17-24)12-9-15-34-26;1-2/h6-8,10-11,13-14,16-18,27,31H,9,12,15,19H2,1-5H3;2H,1H3. The highest BCUT2D eigenvalue weighted by molar-refractivity contribution is 7.85. The fraction of sp³-hybridized carbons (Fsp3) is 0.387. The van der Waals surface area contributed by atoms with Gasteiger partial charge in [0.1, 0.15) is 22.8 Å². The Hall–Kier alpha value is -3.00. The lowest BCUT2D eigenvalue weighted by molar-refractivity contribution is -0.128. The first kappa shape index (κ1) is 29.6. The van der Waals surface area contributed by atoms with E-state index in [1.54, 1.807) is 0 Å². The fourth-order valence-corrected chi connectivity index (χ4v) is 5.75. The molecule has 0 fully saturated rings. The number of carbonyl (C=O) groups is 1. The molecule has 4 rings (SSSR count). The maximum atomic E-state index is 13.0. The Balaban J connectivity index is 0.00000195. The molecule has 1 aliphatic heterocycles. The third kappa shape index (κ3) is 7.31. The molecule has 0 radical (unpaired) electrons. The first-order valence-corrected chi connectivity index (χ1v) is 14.1. The molecule has 6 nitrogen and oxygen atoms in total. The van der Waals surface area contributed by atoms with Gasteiger partial charge in [-0.3, -0.25) is 0 Å². The summed E-state index contributed by atoms with van der Waals surface area (Å²) in [4.78, 5) is 12.4. The zero-order valence-corrected chi connectivity index (χ0v) is 24.0. The topological polar surface area (TPSA) is 84.9 Å².